The van der Waals surface area contributed by atoms with Crippen LogP contribution in [0.2, 0.25) is 10.0 Å². The van der Waals surface area contributed by atoms with Gasteiger partial charge in [0.05, 0.1) is 16.3 Å². The van der Waals surface area contributed by atoms with Crippen LogP contribution in [-0.4, -0.2) is 32.6 Å². The lowest BCUT2D eigenvalue weighted by Gasteiger charge is -2.18. The van der Waals surface area contributed by atoms with E-state index in [-0.39, 0.29) is 5.91 Å². The van der Waals surface area contributed by atoms with Crippen molar-refractivity contribution in [2.75, 3.05) is 36.2 Å². The minimum Gasteiger partial charge on any atom is -0.377 e. The second kappa shape index (κ2) is 9.48. The maximum atomic E-state index is 12.4. The second-order valence-corrected chi connectivity index (χ2v) is 6.93. The number of carbonyl (C=O) groups is 2. The van der Waals surface area contributed by atoms with Gasteiger partial charge in [0.25, 0.3) is 5.91 Å². The molecule has 3 amide bonds. The van der Waals surface area contributed by atoms with Gasteiger partial charge in [-0.1, -0.05) is 30.1 Å². The first-order valence-electron chi connectivity index (χ1n) is 8.44. The highest BCUT2D eigenvalue weighted by Gasteiger charge is 2.15. The molecule has 0 saturated carbocycles. The molecule has 2 rings (SSSR count). The lowest BCUT2D eigenvalue weighted by molar-refractivity contribution is 0.0954. The number of hydrogen-bond donors (Lipinski definition) is 3. The molecule has 0 atom stereocenters. The third kappa shape index (κ3) is 5.77. The summed E-state index contributed by atoms with van der Waals surface area (Å²) in [7, 11) is 3.71. The molecule has 0 fully saturated rings. The van der Waals surface area contributed by atoms with E-state index >= 15 is 0 Å². The fraction of sp³-hybridized carbons (Fsp3) is 0.263. The highest BCUT2D eigenvalue weighted by Crippen LogP contribution is 2.26. The van der Waals surface area contributed by atoms with Gasteiger partial charge in [0, 0.05) is 37.0 Å². The van der Waals surface area contributed by atoms with Gasteiger partial charge in [-0.2, -0.15) is 0 Å². The minimum atomic E-state index is -0.475. The Labute approximate surface area is 168 Å². The third-order valence-electron chi connectivity index (χ3n) is 3.70. The maximum absolute atomic E-state index is 12.4. The molecule has 2 aromatic carbocycles. The molecule has 2 aromatic rings. The zero-order valence-corrected chi connectivity index (χ0v) is 16.9. The molecular formula is C19H22Cl2N4O2. The van der Waals surface area contributed by atoms with Gasteiger partial charge < -0.3 is 20.9 Å². The largest absolute Gasteiger partial charge is 0.377 e. The summed E-state index contributed by atoms with van der Waals surface area (Å²) in [5.41, 5.74) is 2.17. The second-order valence-electron chi connectivity index (χ2n) is 6.09. The van der Waals surface area contributed by atoms with Gasteiger partial charge in [0.1, 0.15) is 0 Å². The SMILES string of the molecule is CCCNC(=O)c1cc(NC(=O)Nc2ccc(Cl)cc2Cl)ccc1N(C)C. The normalized spacial score (nSPS) is 10.3. The summed E-state index contributed by atoms with van der Waals surface area (Å²) < 4.78 is 0. The molecule has 8 heteroatoms. The first-order valence-corrected chi connectivity index (χ1v) is 9.20. The van der Waals surface area contributed by atoms with Gasteiger partial charge in [-0.3, -0.25) is 4.79 Å². The first-order chi connectivity index (χ1) is 12.8. The summed E-state index contributed by atoms with van der Waals surface area (Å²) >= 11 is 11.9. The average molecular weight is 409 g/mol. The van der Waals surface area contributed by atoms with E-state index in [0.717, 1.165) is 12.1 Å². The van der Waals surface area contributed by atoms with E-state index in [1.165, 1.54) is 0 Å². The molecule has 27 heavy (non-hydrogen) atoms. The van der Waals surface area contributed by atoms with Crippen LogP contribution in [0, 0.1) is 0 Å². The van der Waals surface area contributed by atoms with Crippen LogP contribution in [0.4, 0.5) is 21.9 Å². The molecule has 3 N–H and O–H groups in total. The molecule has 0 radical (unpaired) electrons. The fourth-order valence-corrected chi connectivity index (χ4v) is 2.85. The number of anilines is 3. The first kappa shape index (κ1) is 20.9. The Hall–Kier alpha value is -2.44. The minimum absolute atomic E-state index is 0.189. The van der Waals surface area contributed by atoms with E-state index in [4.69, 9.17) is 23.2 Å². The molecule has 0 saturated heterocycles. The molecule has 0 spiro atoms. The van der Waals surface area contributed by atoms with Crippen LogP contribution in [0.1, 0.15) is 23.7 Å². The molecule has 0 aromatic heterocycles. The molecule has 144 valence electrons. The van der Waals surface area contributed by atoms with Crippen LogP contribution in [0.25, 0.3) is 0 Å². The summed E-state index contributed by atoms with van der Waals surface area (Å²) in [6, 6.07) is 9.47. The van der Waals surface area contributed by atoms with Crippen molar-refractivity contribution in [1.82, 2.24) is 5.32 Å². The Bertz CT molecular complexity index is 840. The highest BCUT2D eigenvalue weighted by molar-refractivity contribution is 6.36. The molecular weight excluding hydrogens is 387 g/mol. The van der Waals surface area contributed by atoms with Crippen molar-refractivity contribution >= 4 is 52.2 Å². The van der Waals surface area contributed by atoms with Gasteiger partial charge >= 0.3 is 6.03 Å². The van der Waals surface area contributed by atoms with Crippen molar-refractivity contribution in [1.29, 1.82) is 0 Å². The third-order valence-corrected chi connectivity index (χ3v) is 4.24. The van der Waals surface area contributed by atoms with E-state index in [1.807, 2.05) is 25.9 Å². The number of benzene rings is 2. The smallest absolute Gasteiger partial charge is 0.323 e. The number of nitrogens with one attached hydrogen (secondary N) is 3. The van der Waals surface area contributed by atoms with Crippen molar-refractivity contribution in [2.45, 2.75) is 13.3 Å². The number of hydrogen-bond acceptors (Lipinski definition) is 3. The maximum Gasteiger partial charge on any atom is 0.323 e. The lowest BCUT2D eigenvalue weighted by Crippen LogP contribution is -2.27. The van der Waals surface area contributed by atoms with E-state index in [2.05, 4.69) is 16.0 Å². The quantitative estimate of drug-likeness (QED) is 0.639. The highest BCUT2D eigenvalue weighted by atomic mass is 35.5. The fourth-order valence-electron chi connectivity index (χ4n) is 2.39. The number of amides is 3. The Morgan fingerprint density at radius 1 is 1.04 bits per heavy atom. The monoisotopic (exact) mass is 408 g/mol. The molecule has 0 aliphatic carbocycles. The van der Waals surface area contributed by atoms with Crippen molar-refractivity contribution in [3.05, 3.63) is 52.0 Å². The van der Waals surface area contributed by atoms with E-state index < -0.39 is 6.03 Å². The van der Waals surface area contributed by atoms with Crippen molar-refractivity contribution < 1.29 is 9.59 Å². The molecule has 0 heterocycles. The number of carbonyl (C=O) groups excluding carboxylic acids is 2. The zero-order valence-electron chi connectivity index (χ0n) is 15.4. The molecule has 6 nitrogen and oxygen atoms in total. The van der Waals surface area contributed by atoms with Gasteiger partial charge in [0.15, 0.2) is 0 Å². The van der Waals surface area contributed by atoms with Crippen LogP contribution >= 0.6 is 23.2 Å². The average Bonchev–Trinajstić information content (AvgIpc) is 2.61. The van der Waals surface area contributed by atoms with Gasteiger partial charge in [-0.15, -0.1) is 0 Å². The van der Waals surface area contributed by atoms with Crippen molar-refractivity contribution in [3.8, 4) is 0 Å². The number of rotatable bonds is 6. The van der Waals surface area contributed by atoms with Crippen molar-refractivity contribution in [3.63, 3.8) is 0 Å². The van der Waals surface area contributed by atoms with Gasteiger partial charge in [-0.05, 0) is 42.8 Å². The zero-order chi connectivity index (χ0) is 20.0. The summed E-state index contributed by atoms with van der Waals surface area (Å²) in [6.07, 6.45) is 0.839. The Morgan fingerprint density at radius 3 is 2.41 bits per heavy atom. The summed E-state index contributed by atoms with van der Waals surface area (Å²) in [5.74, 6) is -0.189. The predicted molar refractivity (Wildman–Crippen MR) is 112 cm³/mol. The lowest BCUT2D eigenvalue weighted by atomic mass is 10.1. The Kier molecular flexibility index (Phi) is 7.33. The molecule has 0 bridgehead atoms. The Morgan fingerprint density at radius 2 is 1.78 bits per heavy atom. The summed E-state index contributed by atoms with van der Waals surface area (Å²) in [5, 5.41) is 9.03. The Balaban J connectivity index is 2.17. The molecule has 0 unspecified atom stereocenters. The summed E-state index contributed by atoms with van der Waals surface area (Å²) in [6.45, 7) is 2.57. The van der Waals surface area contributed by atoms with Gasteiger partial charge in [0.2, 0.25) is 0 Å². The van der Waals surface area contributed by atoms with E-state index in [9.17, 15) is 9.59 Å². The predicted octanol–water partition coefficient (Wildman–Crippen LogP) is 4.84. The van der Waals surface area contributed by atoms with Crippen LogP contribution in [0.3, 0.4) is 0 Å². The standard InChI is InChI=1S/C19H22Cl2N4O2/c1-4-9-22-18(26)14-11-13(6-8-17(14)25(2)3)23-19(27)24-16-7-5-12(20)10-15(16)21/h5-8,10-11H,4,9H2,1-3H3,(H,22,26)(H2,23,24,27). The molecule has 0 aliphatic heterocycles. The van der Waals surface area contributed by atoms with Crippen molar-refractivity contribution in [2.24, 2.45) is 0 Å². The van der Waals surface area contributed by atoms with Gasteiger partial charge in [-0.25, -0.2) is 4.79 Å². The topological polar surface area (TPSA) is 73.5 Å². The van der Waals surface area contributed by atoms with Crippen LogP contribution < -0.4 is 20.9 Å². The van der Waals surface area contributed by atoms with E-state index in [0.29, 0.717) is 33.5 Å². The van der Waals surface area contributed by atoms with Crippen LogP contribution in [-0.2, 0) is 0 Å². The number of nitrogens with zero attached hydrogens (tertiary/aromatic N) is 1. The number of halogens is 2. The van der Waals surface area contributed by atoms with Crippen LogP contribution in [0.15, 0.2) is 36.4 Å². The van der Waals surface area contributed by atoms with E-state index in [1.54, 1.807) is 36.4 Å². The van der Waals surface area contributed by atoms with Crippen LogP contribution in [0.5, 0.6) is 0 Å². The summed E-state index contributed by atoms with van der Waals surface area (Å²) in [4.78, 5) is 26.5. The number of urea groups is 1. The molecule has 0 aliphatic rings.